The van der Waals surface area contributed by atoms with Gasteiger partial charge in [-0.25, -0.2) is 13.4 Å². The normalized spacial score (nSPS) is 12.5. The van der Waals surface area contributed by atoms with Gasteiger partial charge in [0.2, 0.25) is 0 Å². The Hall–Kier alpha value is -2.82. The minimum atomic E-state index is -4.04. The van der Waals surface area contributed by atoms with Gasteiger partial charge in [0.1, 0.15) is 0 Å². The third-order valence-electron chi connectivity index (χ3n) is 5.24. The Kier molecular flexibility index (Phi) is 8.17. The van der Waals surface area contributed by atoms with E-state index in [4.69, 9.17) is 0 Å². The van der Waals surface area contributed by atoms with Crippen LogP contribution in [0.15, 0.2) is 59.6 Å². The van der Waals surface area contributed by atoms with Gasteiger partial charge in [0.05, 0.1) is 26.6 Å². The molecule has 3 aromatic rings. The van der Waals surface area contributed by atoms with E-state index in [1.165, 1.54) is 22.5 Å². The van der Waals surface area contributed by atoms with Gasteiger partial charge in [0.25, 0.3) is 15.7 Å². The molecule has 10 heteroatoms. The highest BCUT2D eigenvalue weighted by molar-refractivity contribution is 7.92. The van der Waals surface area contributed by atoms with Gasteiger partial charge in [0, 0.05) is 29.8 Å². The van der Waals surface area contributed by atoms with Crippen molar-refractivity contribution in [2.45, 2.75) is 50.5 Å². The fourth-order valence-electron chi connectivity index (χ4n) is 3.42. The fourth-order valence-corrected chi connectivity index (χ4v) is 5.79. The molecule has 2 aromatic carbocycles. The van der Waals surface area contributed by atoms with E-state index in [1.807, 2.05) is 20.0 Å². The fraction of sp³-hybridized carbons (Fsp3) is 0.348. The van der Waals surface area contributed by atoms with E-state index in [0.717, 1.165) is 28.8 Å². The van der Waals surface area contributed by atoms with Gasteiger partial charge in [-0.15, -0.1) is 11.3 Å². The summed E-state index contributed by atoms with van der Waals surface area (Å²) in [6.45, 7) is 4.07. The monoisotopic (exact) mass is 489 g/mol. The van der Waals surface area contributed by atoms with Crippen LogP contribution < -0.4 is 4.31 Å². The van der Waals surface area contributed by atoms with Crippen molar-refractivity contribution < 1.29 is 18.4 Å². The zero-order valence-electron chi connectivity index (χ0n) is 18.5. The van der Waals surface area contributed by atoms with E-state index in [9.17, 15) is 23.6 Å². The molecule has 0 amide bonds. The molecule has 0 spiro atoms. The minimum absolute atomic E-state index is 0.134. The molecule has 0 saturated carbocycles. The number of anilines is 1. The zero-order valence-corrected chi connectivity index (χ0v) is 20.2. The molecular formula is C23H27N3O5S2. The molecule has 8 nitrogen and oxygen atoms in total. The van der Waals surface area contributed by atoms with Crippen molar-refractivity contribution >= 4 is 32.7 Å². The van der Waals surface area contributed by atoms with Crippen molar-refractivity contribution in [3.8, 4) is 0 Å². The summed E-state index contributed by atoms with van der Waals surface area (Å²) >= 11 is 1.63. The van der Waals surface area contributed by atoms with Crippen LogP contribution in [0, 0.1) is 17.0 Å². The molecule has 0 aliphatic heterocycles. The molecular weight excluding hydrogens is 462 g/mol. The second kappa shape index (κ2) is 10.9. The van der Waals surface area contributed by atoms with Gasteiger partial charge in [-0.05, 0) is 56.4 Å². The molecule has 0 aliphatic carbocycles. The van der Waals surface area contributed by atoms with Crippen LogP contribution in [0.3, 0.4) is 0 Å². The third kappa shape index (κ3) is 6.16. The van der Waals surface area contributed by atoms with E-state index in [0.29, 0.717) is 24.1 Å². The van der Waals surface area contributed by atoms with E-state index in [-0.39, 0.29) is 17.1 Å². The number of aryl methyl sites for hydroxylation is 2. The molecule has 1 unspecified atom stereocenters. The number of aliphatic hydroxyl groups excluding tert-OH is 1. The maximum atomic E-state index is 13.5. The van der Waals surface area contributed by atoms with Crippen LogP contribution in [0.1, 0.15) is 47.7 Å². The van der Waals surface area contributed by atoms with Crippen molar-refractivity contribution in [3.63, 3.8) is 0 Å². The van der Waals surface area contributed by atoms with Crippen LogP contribution >= 0.6 is 11.3 Å². The largest absolute Gasteiger partial charge is 0.388 e. The lowest BCUT2D eigenvalue weighted by Gasteiger charge is -2.25. The van der Waals surface area contributed by atoms with Gasteiger partial charge in [-0.2, -0.15) is 0 Å². The summed E-state index contributed by atoms with van der Waals surface area (Å²) < 4.78 is 28.3. The average molecular weight is 490 g/mol. The number of nitro benzene ring substituents is 1. The highest BCUT2D eigenvalue weighted by atomic mass is 32.2. The molecule has 0 saturated heterocycles. The second-order valence-corrected chi connectivity index (χ2v) is 10.9. The van der Waals surface area contributed by atoms with Gasteiger partial charge in [-0.3, -0.25) is 14.4 Å². The lowest BCUT2D eigenvalue weighted by Crippen LogP contribution is -2.32. The summed E-state index contributed by atoms with van der Waals surface area (Å²) in [7, 11) is -4.04. The molecule has 0 radical (unpaired) electrons. The minimum Gasteiger partial charge on any atom is -0.388 e. The number of nitrogens with zero attached hydrogens (tertiary/aromatic N) is 3. The van der Waals surface area contributed by atoms with Crippen molar-refractivity contribution in [1.82, 2.24) is 4.98 Å². The Morgan fingerprint density at radius 2 is 1.91 bits per heavy atom. The number of unbranched alkanes of at least 4 members (excludes halogenated alkanes) is 1. The molecule has 33 heavy (non-hydrogen) atoms. The molecule has 0 aliphatic rings. The Bertz CT molecular complexity index is 1190. The Morgan fingerprint density at radius 1 is 1.18 bits per heavy atom. The van der Waals surface area contributed by atoms with E-state index >= 15 is 0 Å². The number of aliphatic hydroxyl groups is 1. The quantitative estimate of drug-likeness (QED) is 0.230. The molecule has 1 atom stereocenters. The maximum absolute atomic E-state index is 13.5. The summed E-state index contributed by atoms with van der Waals surface area (Å²) in [5.74, 6) is 0. The van der Waals surface area contributed by atoms with Crippen LogP contribution in [-0.4, -0.2) is 30.0 Å². The number of thiazole rings is 1. The first kappa shape index (κ1) is 24.8. The molecule has 0 fully saturated rings. The number of non-ortho nitro benzene ring substituents is 1. The van der Waals surface area contributed by atoms with Crippen molar-refractivity contribution in [2.75, 3.05) is 10.8 Å². The smallest absolute Gasteiger partial charge is 0.270 e. The average Bonchev–Trinajstić information content (AvgIpc) is 3.23. The zero-order chi connectivity index (χ0) is 24.0. The molecule has 1 N–H and O–H groups in total. The summed E-state index contributed by atoms with van der Waals surface area (Å²) in [5.41, 5.74) is 0.864. The highest BCUT2D eigenvalue weighted by Crippen LogP contribution is 2.28. The molecule has 1 aromatic heterocycles. The van der Waals surface area contributed by atoms with Crippen LogP contribution in [0.4, 0.5) is 11.4 Å². The number of rotatable bonds is 11. The highest BCUT2D eigenvalue weighted by Gasteiger charge is 2.26. The van der Waals surface area contributed by atoms with Gasteiger partial charge < -0.3 is 5.11 Å². The molecule has 176 valence electrons. The molecule has 0 bridgehead atoms. The first-order valence-corrected chi connectivity index (χ1v) is 12.9. The summed E-state index contributed by atoms with van der Waals surface area (Å²) in [6.07, 6.45) is 3.84. The topological polar surface area (TPSA) is 114 Å². The SMILES string of the molecule is CCC(O)c1ccc(N(CCCCc2ncc(C)s2)S(=O)(=O)c2cccc([N+](=O)[O-])c2)cc1. The van der Waals surface area contributed by atoms with Crippen molar-refractivity contribution in [1.29, 1.82) is 0 Å². The summed E-state index contributed by atoms with van der Waals surface area (Å²) in [4.78, 5) is 15.9. The summed E-state index contributed by atoms with van der Waals surface area (Å²) in [5, 5.41) is 22.2. The molecule has 1 heterocycles. The van der Waals surface area contributed by atoms with Crippen molar-refractivity contribution in [3.05, 3.63) is 80.3 Å². The Labute approximate surface area is 197 Å². The van der Waals surface area contributed by atoms with Crippen LogP contribution in [0.25, 0.3) is 0 Å². The predicted molar refractivity (Wildman–Crippen MR) is 129 cm³/mol. The van der Waals surface area contributed by atoms with Gasteiger partial charge in [0.15, 0.2) is 0 Å². The standard InChI is InChI=1S/C23H27N3O5S2/c1-3-22(27)18-10-12-19(13-11-18)25(14-5-4-9-23-24-16-17(2)32-23)33(30,31)21-8-6-7-20(15-21)26(28)29/h6-8,10-13,15-16,22,27H,3-5,9,14H2,1-2H3. The second-order valence-electron chi connectivity index (χ2n) is 7.67. The molecule has 3 rings (SSSR count). The van der Waals surface area contributed by atoms with Gasteiger partial charge in [-0.1, -0.05) is 25.1 Å². The van der Waals surface area contributed by atoms with Crippen LogP contribution in [0.5, 0.6) is 0 Å². The maximum Gasteiger partial charge on any atom is 0.270 e. The number of sulfonamides is 1. The van der Waals surface area contributed by atoms with E-state index in [1.54, 1.807) is 35.6 Å². The van der Waals surface area contributed by atoms with Crippen LogP contribution in [0.2, 0.25) is 0 Å². The Balaban J connectivity index is 1.86. The first-order valence-electron chi connectivity index (χ1n) is 10.7. The number of aromatic nitrogens is 1. The number of hydrogen-bond donors (Lipinski definition) is 1. The lowest BCUT2D eigenvalue weighted by atomic mass is 10.1. The third-order valence-corrected chi connectivity index (χ3v) is 8.04. The summed E-state index contributed by atoms with van der Waals surface area (Å²) in [6, 6.07) is 11.8. The number of benzene rings is 2. The number of hydrogen-bond acceptors (Lipinski definition) is 7. The van der Waals surface area contributed by atoms with E-state index < -0.39 is 21.1 Å². The van der Waals surface area contributed by atoms with Crippen LogP contribution in [-0.2, 0) is 16.4 Å². The first-order chi connectivity index (χ1) is 15.7. The number of nitro groups is 1. The van der Waals surface area contributed by atoms with Gasteiger partial charge >= 0.3 is 0 Å². The predicted octanol–water partition coefficient (Wildman–Crippen LogP) is 5.02. The van der Waals surface area contributed by atoms with Crippen molar-refractivity contribution in [2.24, 2.45) is 0 Å². The Morgan fingerprint density at radius 3 is 2.52 bits per heavy atom. The van der Waals surface area contributed by atoms with E-state index in [2.05, 4.69) is 4.98 Å². The lowest BCUT2D eigenvalue weighted by molar-refractivity contribution is -0.385.